The second-order valence-electron chi connectivity index (χ2n) is 5.22. The van der Waals surface area contributed by atoms with Gasteiger partial charge in [-0.15, -0.1) is 10.2 Å². The molecule has 0 N–H and O–H groups in total. The summed E-state index contributed by atoms with van der Waals surface area (Å²) in [5, 5.41) is 13.3. The number of methoxy groups -OCH3 is 1. The van der Waals surface area contributed by atoms with Gasteiger partial charge >= 0.3 is 0 Å². The molecule has 0 aliphatic heterocycles. The monoisotopic (exact) mass is 338 g/mol. The van der Waals surface area contributed by atoms with Crippen molar-refractivity contribution >= 4 is 18.0 Å². The maximum Gasteiger partial charge on any atom is 0.212 e. The Labute approximate surface area is 145 Å². The van der Waals surface area contributed by atoms with Gasteiger partial charge in [0.1, 0.15) is 12.1 Å². The number of hydrogen-bond donors (Lipinski definition) is 0. The van der Waals surface area contributed by atoms with Crippen molar-refractivity contribution in [2.45, 2.75) is 17.8 Å². The van der Waals surface area contributed by atoms with Crippen LogP contribution in [0, 0.1) is 6.92 Å². The van der Waals surface area contributed by atoms with Gasteiger partial charge in [-0.05, 0) is 24.6 Å². The molecule has 0 amide bonds. The molecule has 0 spiro atoms. The predicted octanol–water partition coefficient (Wildman–Crippen LogP) is 3.77. The smallest absolute Gasteiger partial charge is 0.212 e. The van der Waals surface area contributed by atoms with Crippen LogP contribution in [-0.2, 0) is 5.75 Å². The minimum atomic E-state index is 0.752. The van der Waals surface area contributed by atoms with Gasteiger partial charge in [0.2, 0.25) is 5.16 Å². The molecule has 0 saturated carbocycles. The van der Waals surface area contributed by atoms with Gasteiger partial charge in [-0.1, -0.05) is 53.7 Å². The first-order chi connectivity index (χ1) is 11.8. The average Bonchev–Trinajstić information content (AvgIpc) is 3.07. The van der Waals surface area contributed by atoms with Crippen molar-refractivity contribution in [3.8, 4) is 5.75 Å². The highest BCUT2D eigenvalue weighted by molar-refractivity contribution is 7.98. The van der Waals surface area contributed by atoms with Gasteiger partial charge < -0.3 is 4.74 Å². The van der Waals surface area contributed by atoms with Gasteiger partial charge in [0, 0.05) is 11.3 Å². The zero-order chi connectivity index (χ0) is 16.8. The van der Waals surface area contributed by atoms with E-state index in [0.29, 0.717) is 0 Å². The van der Waals surface area contributed by atoms with Crippen LogP contribution in [-0.4, -0.2) is 28.2 Å². The molecule has 0 bridgehead atoms. The number of aryl methyl sites for hydroxylation is 1. The third-order valence-electron chi connectivity index (χ3n) is 3.45. The largest absolute Gasteiger partial charge is 0.496 e. The van der Waals surface area contributed by atoms with E-state index in [-0.39, 0.29) is 0 Å². The molecule has 2 aromatic carbocycles. The quantitative estimate of drug-likeness (QED) is 0.507. The highest BCUT2D eigenvalue weighted by atomic mass is 32.2. The third-order valence-corrected chi connectivity index (χ3v) is 4.45. The summed E-state index contributed by atoms with van der Waals surface area (Å²) in [5.74, 6) is 1.60. The lowest BCUT2D eigenvalue weighted by molar-refractivity contribution is 0.414. The van der Waals surface area contributed by atoms with Crippen LogP contribution in [0.5, 0.6) is 5.75 Å². The fraction of sp³-hybridized carbons (Fsp3) is 0.167. The number of ether oxygens (including phenoxy) is 1. The van der Waals surface area contributed by atoms with Crippen LogP contribution >= 0.6 is 11.8 Å². The van der Waals surface area contributed by atoms with Gasteiger partial charge in [0.25, 0.3) is 0 Å². The SMILES string of the molecule is COc1ccccc1/C=N/n1cnnc1SCc1ccc(C)cc1. The Morgan fingerprint density at radius 2 is 1.96 bits per heavy atom. The van der Waals surface area contributed by atoms with Crippen LogP contribution in [0.1, 0.15) is 16.7 Å². The van der Waals surface area contributed by atoms with E-state index in [1.807, 2.05) is 24.3 Å². The molecule has 0 unspecified atom stereocenters. The van der Waals surface area contributed by atoms with Gasteiger partial charge in [0.15, 0.2) is 0 Å². The summed E-state index contributed by atoms with van der Waals surface area (Å²) in [6.07, 6.45) is 3.35. The molecule has 24 heavy (non-hydrogen) atoms. The molecular formula is C18H18N4OS. The van der Waals surface area contributed by atoms with Gasteiger partial charge in [-0.3, -0.25) is 0 Å². The van der Waals surface area contributed by atoms with Crippen molar-refractivity contribution in [2.24, 2.45) is 5.10 Å². The predicted molar refractivity (Wildman–Crippen MR) is 96.7 cm³/mol. The Bertz CT molecular complexity index is 827. The van der Waals surface area contributed by atoms with E-state index in [1.54, 1.807) is 36.1 Å². The summed E-state index contributed by atoms with van der Waals surface area (Å²) in [6, 6.07) is 16.2. The number of thioether (sulfide) groups is 1. The molecular weight excluding hydrogens is 320 g/mol. The summed E-state index contributed by atoms with van der Waals surface area (Å²) >= 11 is 1.60. The van der Waals surface area contributed by atoms with Crippen LogP contribution < -0.4 is 4.74 Å². The third kappa shape index (κ3) is 4.02. The van der Waals surface area contributed by atoms with Gasteiger partial charge in [-0.2, -0.15) is 9.78 Å². The summed E-state index contributed by atoms with van der Waals surface area (Å²) in [6.45, 7) is 2.08. The summed E-state index contributed by atoms with van der Waals surface area (Å²) in [5.41, 5.74) is 3.41. The van der Waals surface area contributed by atoms with E-state index in [4.69, 9.17) is 4.74 Å². The van der Waals surface area contributed by atoms with Crippen molar-refractivity contribution in [3.63, 3.8) is 0 Å². The Morgan fingerprint density at radius 3 is 2.75 bits per heavy atom. The number of aromatic nitrogens is 3. The van der Waals surface area contributed by atoms with E-state index in [1.165, 1.54) is 11.1 Å². The second-order valence-corrected chi connectivity index (χ2v) is 6.16. The van der Waals surface area contributed by atoms with E-state index in [0.717, 1.165) is 22.2 Å². The van der Waals surface area contributed by atoms with E-state index >= 15 is 0 Å². The molecule has 5 nitrogen and oxygen atoms in total. The van der Waals surface area contributed by atoms with Crippen molar-refractivity contribution in [1.29, 1.82) is 0 Å². The van der Waals surface area contributed by atoms with Crippen LogP contribution in [0.3, 0.4) is 0 Å². The van der Waals surface area contributed by atoms with Crippen molar-refractivity contribution < 1.29 is 4.74 Å². The fourth-order valence-electron chi connectivity index (χ4n) is 2.12. The summed E-state index contributed by atoms with van der Waals surface area (Å²) < 4.78 is 7.00. The Kier molecular flexibility index (Phi) is 5.28. The minimum Gasteiger partial charge on any atom is -0.496 e. The molecule has 0 aliphatic carbocycles. The molecule has 122 valence electrons. The first-order valence-electron chi connectivity index (χ1n) is 7.52. The van der Waals surface area contributed by atoms with Crippen LogP contribution in [0.2, 0.25) is 0 Å². The lowest BCUT2D eigenvalue weighted by Gasteiger charge is -2.04. The zero-order valence-electron chi connectivity index (χ0n) is 13.6. The standard InChI is InChI=1S/C18H18N4OS/c1-14-7-9-15(10-8-14)12-24-18-21-19-13-22(18)20-11-16-5-3-4-6-17(16)23-2/h3-11,13H,12H2,1-2H3/b20-11+. The van der Waals surface area contributed by atoms with Crippen molar-refractivity contribution in [2.75, 3.05) is 7.11 Å². The Hall–Kier alpha value is -2.60. The summed E-state index contributed by atoms with van der Waals surface area (Å²) in [7, 11) is 1.65. The normalized spacial score (nSPS) is 11.1. The highest BCUT2D eigenvalue weighted by Gasteiger charge is 2.05. The van der Waals surface area contributed by atoms with Crippen molar-refractivity contribution in [1.82, 2.24) is 14.9 Å². The lowest BCUT2D eigenvalue weighted by atomic mass is 10.2. The Morgan fingerprint density at radius 1 is 1.17 bits per heavy atom. The topological polar surface area (TPSA) is 52.3 Å². The molecule has 0 fully saturated rings. The van der Waals surface area contributed by atoms with E-state index in [2.05, 4.69) is 46.5 Å². The summed E-state index contributed by atoms with van der Waals surface area (Å²) in [4.78, 5) is 0. The van der Waals surface area contributed by atoms with E-state index < -0.39 is 0 Å². The molecule has 0 aliphatic rings. The molecule has 6 heteroatoms. The van der Waals surface area contributed by atoms with Gasteiger partial charge in [0.05, 0.1) is 13.3 Å². The molecule has 3 rings (SSSR count). The van der Waals surface area contributed by atoms with E-state index in [9.17, 15) is 0 Å². The maximum atomic E-state index is 5.32. The number of rotatable bonds is 6. The first-order valence-corrected chi connectivity index (χ1v) is 8.50. The molecule has 0 saturated heterocycles. The molecule has 0 atom stereocenters. The first kappa shape index (κ1) is 16.3. The molecule has 3 aromatic rings. The highest BCUT2D eigenvalue weighted by Crippen LogP contribution is 2.21. The minimum absolute atomic E-state index is 0.752. The van der Waals surface area contributed by atoms with Crippen LogP contribution in [0.15, 0.2) is 65.1 Å². The van der Waals surface area contributed by atoms with Crippen LogP contribution in [0.4, 0.5) is 0 Å². The zero-order valence-corrected chi connectivity index (χ0v) is 14.4. The second kappa shape index (κ2) is 7.79. The molecule has 1 aromatic heterocycles. The average molecular weight is 338 g/mol. The number of hydrogen-bond acceptors (Lipinski definition) is 5. The number of benzene rings is 2. The molecule has 1 heterocycles. The fourth-order valence-corrected chi connectivity index (χ4v) is 2.94. The number of para-hydroxylation sites is 1. The number of nitrogens with zero attached hydrogens (tertiary/aromatic N) is 4. The van der Waals surface area contributed by atoms with Crippen molar-refractivity contribution in [3.05, 3.63) is 71.5 Å². The Balaban J connectivity index is 1.71. The van der Waals surface area contributed by atoms with Crippen LogP contribution in [0.25, 0.3) is 0 Å². The lowest BCUT2D eigenvalue weighted by Crippen LogP contribution is -1.95. The van der Waals surface area contributed by atoms with Gasteiger partial charge in [-0.25, -0.2) is 0 Å². The maximum absolute atomic E-state index is 5.32. The molecule has 0 radical (unpaired) electrons.